The number of esters is 1. The first-order valence-corrected chi connectivity index (χ1v) is 9.61. The van der Waals surface area contributed by atoms with Crippen LogP contribution in [0, 0.1) is 0 Å². The van der Waals surface area contributed by atoms with Gasteiger partial charge in [-0.25, -0.2) is 9.78 Å². The van der Waals surface area contributed by atoms with E-state index in [0.717, 1.165) is 36.5 Å². The van der Waals surface area contributed by atoms with Crippen molar-refractivity contribution in [1.29, 1.82) is 0 Å². The summed E-state index contributed by atoms with van der Waals surface area (Å²) in [6, 6.07) is 7.67. The van der Waals surface area contributed by atoms with E-state index in [9.17, 15) is 9.59 Å². The Balaban J connectivity index is 1.44. The Morgan fingerprint density at radius 2 is 2.19 bits per heavy atom. The number of likely N-dealkylation sites (tertiary alicyclic amines) is 1. The summed E-state index contributed by atoms with van der Waals surface area (Å²) in [6.07, 6.45) is 4.25. The normalized spacial score (nSPS) is 16.9. The molecule has 1 aromatic heterocycles. The Bertz CT molecular complexity index is 731. The number of amides is 1. The molecule has 0 bridgehead atoms. The maximum Gasteiger partial charge on any atom is 0.337 e. The molecule has 2 aromatic rings. The first-order valence-electron chi connectivity index (χ1n) is 8.73. The third-order valence-electron chi connectivity index (χ3n) is 4.60. The summed E-state index contributed by atoms with van der Waals surface area (Å²) < 4.78 is 4.70. The highest BCUT2D eigenvalue weighted by Gasteiger charge is 2.30. The summed E-state index contributed by atoms with van der Waals surface area (Å²) in [5.74, 6) is -0.0978. The second kappa shape index (κ2) is 8.91. The Morgan fingerprint density at radius 1 is 1.38 bits per heavy atom. The number of methoxy groups -OCH3 is 1. The molecule has 1 N–H and O–H groups in total. The van der Waals surface area contributed by atoms with Gasteiger partial charge in [-0.15, -0.1) is 11.3 Å². The van der Waals surface area contributed by atoms with Gasteiger partial charge in [-0.05, 0) is 37.1 Å². The van der Waals surface area contributed by atoms with Crippen LogP contribution in [0.5, 0.6) is 0 Å². The van der Waals surface area contributed by atoms with Crippen LogP contribution in [0.3, 0.4) is 0 Å². The standard InChI is InChI=1S/C19H23N3O3S/c1-25-19(24)15-4-2-14(3-5-15)12-20-9-8-16-6-7-18(23)22(16)13-17-21-10-11-26-17/h2-5,10-11,16,20H,6-9,12-13H2,1H3/t16-/m0/s1. The molecule has 6 nitrogen and oxygen atoms in total. The lowest BCUT2D eigenvalue weighted by Gasteiger charge is -2.24. The van der Waals surface area contributed by atoms with Crippen molar-refractivity contribution in [2.24, 2.45) is 0 Å². The third kappa shape index (κ3) is 4.68. The van der Waals surface area contributed by atoms with Crippen molar-refractivity contribution >= 4 is 23.2 Å². The predicted octanol–water partition coefficient (Wildman–Crippen LogP) is 2.60. The summed E-state index contributed by atoms with van der Waals surface area (Å²) in [4.78, 5) is 29.8. The van der Waals surface area contributed by atoms with Gasteiger partial charge < -0.3 is 15.0 Å². The van der Waals surface area contributed by atoms with Crippen LogP contribution in [0.4, 0.5) is 0 Å². The van der Waals surface area contributed by atoms with Crippen molar-refractivity contribution in [2.75, 3.05) is 13.7 Å². The highest BCUT2D eigenvalue weighted by Crippen LogP contribution is 2.24. The van der Waals surface area contributed by atoms with Crippen LogP contribution in [-0.4, -0.2) is 41.5 Å². The van der Waals surface area contributed by atoms with Crippen LogP contribution < -0.4 is 5.32 Å². The van der Waals surface area contributed by atoms with Crippen molar-refractivity contribution < 1.29 is 14.3 Å². The molecule has 26 heavy (non-hydrogen) atoms. The Kier molecular flexibility index (Phi) is 6.35. The molecule has 2 heterocycles. The Labute approximate surface area is 157 Å². The number of rotatable bonds is 8. The lowest BCUT2D eigenvalue weighted by Crippen LogP contribution is -2.34. The predicted molar refractivity (Wildman–Crippen MR) is 99.8 cm³/mol. The van der Waals surface area contributed by atoms with E-state index in [2.05, 4.69) is 10.3 Å². The molecule has 138 valence electrons. The van der Waals surface area contributed by atoms with E-state index in [1.54, 1.807) is 29.7 Å². The van der Waals surface area contributed by atoms with Crippen LogP contribution in [-0.2, 0) is 22.6 Å². The lowest BCUT2D eigenvalue weighted by molar-refractivity contribution is -0.129. The van der Waals surface area contributed by atoms with Gasteiger partial charge >= 0.3 is 5.97 Å². The zero-order chi connectivity index (χ0) is 18.4. The van der Waals surface area contributed by atoms with E-state index < -0.39 is 0 Å². The molecule has 1 aliphatic rings. The van der Waals surface area contributed by atoms with Gasteiger partial charge in [-0.1, -0.05) is 12.1 Å². The summed E-state index contributed by atoms with van der Waals surface area (Å²) >= 11 is 1.59. The monoisotopic (exact) mass is 373 g/mol. The molecule has 0 unspecified atom stereocenters. The average Bonchev–Trinajstić information content (AvgIpc) is 3.30. The largest absolute Gasteiger partial charge is 0.465 e. The van der Waals surface area contributed by atoms with Gasteiger partial charge in [0.25, 0.3) is 0 Å². The second-order valence-corrected chi connectivity index (χ2v) is 7.27. The molecule has 1 saturated heterocycles. The number of benzene rings is 1. The third-order valence-corrected chi connectivity index (χ3v) is 5.36. The highest BCUT2D eigenvalue weighted by molar-refractivity contribution is 7.09. The first-order chi connectivity index (χ1) is 12.7. The summed E-state index contributed by atoms with van der Waals surface area (Å²) in [5, 5.41) is 6.35. The van der Waals surface area contributed by atoms with Crippen molar-refractivity contribution in [3.63, 3.8) is 0 Å². The van der Waals surface area contributed by atoms with Crippen molar-refractivity contribution in [3.8, 4) is 0 Å². The van der Waals surface area contributed by atoms with Gasteiger partial charge in [0.05, 0.1) is 19.2 Å². The number of carbonyl (C=O) groups excluding carboxylic acids is 2. The number of thiazole rings is 1. The molecule has 1 aliphatic heterocycles. The number of hydrogen-bond donors (Lipinski definition) is 1. The zero-order valence-corrected chi connectivity index (χ0v) is 15.6. The van der Waals surface area contributed by atoms with Crippen LogP contribution in [0.25, 0.3) is 0 Å². The summed E-state index contributed by atoms with van der Waals surface area (Å²) in [5.41, 5.74) is 1.67. The molecule has 7 heteroatoms. The van der Waals surface area contributed by atoms with Gasteiger partial charge in [-0.2, -0.15) is 0 Å². The van der Waals surface area contributed by atoms with E-state index in [4.69, 9.17) is 4.74 Å². The second-order valence-electron chi connectivity index (χ2n) is 6.29. The van der Waals surface area contributed by atoms with Crippen molar-refractivity contribution in [2.45, 2.75) is 38.4 Å². The minimum absolute atomic E-state index is 0.226. The number of nitrogens with one attached hydrogen (secondary N) is 1. The van der Waals surface area contributed by atoms with Crippen molar-refractivity contribution in [1.82, 2.24) is 15.2 Å². The lowest BCUT2D eigenvalue weighted by atomic mass is 10.1. The molecule has 3 rings (SSSR count). The van der Waals surface area contributed by atoms with Gasteiger partial charge in [0.2, 0.25) is 5.91 Å². The highest BCUT2D eigenvalue weighted by atomic mass is 32.1. The Hall–Kier alpha value is -2.25. The molecule has 0 radical (unpaired) electrons. The van der Waals surface area contributed by atoms with E-state index in [-0.39, 0.29) is 17.9 Å². The number of hydrogen-bond acceptors (Lipinski definition) is 6. The van der Waals surface area contributed by atoms with E-state index in [1.165, 1.54) is 7.11 Å². The fourth-order valence-electron chi connectivity index (χ4n) is 3.17. The number of ether oxygens (including phenoxy) is 1. The molecule has 1 fully saturated rings. The molecule has 0 saturated carbocycles. The van der Waals surface area contributed by atoms with E-state index >= 15 is 0 Å². The zero-order valence-electron chi connectivity index (χ0n) is 14.8. The fraction of sp³-hybridized carbons (Fsp3) is 0.421. The quantitative estimate of drug-likeness (QED) is 0.569. The van der Waals surface area contributed by atoms with Crippen LogP contribution in [0.1, 0.15) is 40.2 Å². The first kappa shape index (κ1) is 18.5. The van der Waals surface area contributed by atoms with E-state index in [0.29, 0.717) is 18.5 Å². The average molecular weight is 373 g/mol. The SMILES string of the molecule is COC(=O)c1ccc(CNCC[C@@H]2CCC(=O)N2Cc2nccs2)cc1. The number of carbonyl (C=O) groups is 2. The summed E-state index contributed by atoms with van der Waals surface area (Å²) in [6.45, 7) is 2.19. The van der Waals surface area contributed by atoms with Crippen LogP contribution in [0.2, 0.25) is 0 Å². The molecule has 1 atom stereocenters. The molecule has 1 amide bonds. The number of aromatic nitrogens is 1. The maximum absolute atomic E-state index is 12.1. The Morgan fingerprint density at radius 3 is 2.88 bits per heavy atom. The minimum atomic E-state index is -0.323. The minimum Gasteiger partial charge on any atom is -0.465 e. The van der Waals surface area contributed by atoms with Gasteiger partial charge in [-0.3, -0.25) is 4.79 Å². The smallest absolute Gasteiger partial charge is 0.337 e. The van der Waals surface area contributed by atoms with Gasteiger partial charge in [0.15, 0.2) is 0 Å². The fourth-order valence-corrected chi connectivity index (χ4v) is 3.78. The topological polar surface area (TPSA) is 71.5 Å². The van der Waals surface area contributed by atoms with E-state index in [1.807, 2.05) is 22.4 Å². The van der Waals surface area contributed by atoms with Gasteiger partial charge in [0, 0.05) is 30.6 Å². The number of nitrogens with zero attached hydrogens (tertiary/aromatic N) is 2. The molecule has 0 aliphatic carbocycles. The molecule has 0 spiro atoms. The summed E-state index contributed by atoms with van der Waals surface area (Å²) in [7, 11) is 1.38. The van der Waals surface area contributed by atoms with Crippen molar-refractivity contribution in [3.05, 3.63) is 52.0 Å². The van der Waals surface area contributed by atoms with Crippen LogP contribution >= 0.6 is 11.3 Å². The maximum atomic E-state index is 12.1. The molecular weight excluding hydrogens is 350 g/mol. The molecular formula is C19H23N3O3S. The van der Waals surface area contributed by atoms with Gasteiger partial charge in [0.1, 0.15) is 5.01 Å². The van der Waals surface area contributed by atoms with Crippen LogP contribution in [0.15, 0.2) is 35.8 Å². The molecule has 1 aromatic carbocycles.